The molecule has 1 unspecified atom stereocenters. The number of carbonyl (C=O) groups is 1. The number of ether oxygens (including phenoxy) is 1. The van der Waals surface area contributed by atoms with Gasteiger partial charge in [-0.3, -0.25) is 4.79 Å². The lowest BCUT2D eigenvalue weighted by molar-refractivity contribution is -0.127. The van der Waals surface area contributed by atoms with Gasteiger partial charge in [-0.1, -0.05) is 12.1 Å². The summed E-state index contributed by atoms with van der Waals surface area (Å²) in [5, 5.41) is 6.15. The van der Waals surface area contributed by atoms with Crippen LogP contribution in [0.1, 0.15) is 18.9 Å². The van der Waals surface area contributed by atoms with E-state index in [-0.39, 0.29) is 48.2 Å². The number of nitrogens with one attached hydrogen (secondary N) is 2. The van der Waals surface area contributed by atoms with Crippen molar-refractivity contribution in [1.82, 2.24) is 15.5 Å². The van der Waals surface area contributed by atoms with Gasteiger partial charge in [0.2, 0.25) is 5.91 Å². The quantitative estimate of drug-likeness (QED) is 0.286. The van der Waals surface area contributed by atoms with Crippen LogP contribution in [0.3, 0.4) is 0 Å². The molecular weight excluding hydrogens is 495 g/mol. The van der Waals surface area contributed by atoms with Gasteiger partial charge in [-0.25, -0.2) is 13.4 Å². The molecule has 0 saturated heterocycles. The average molecular weight is 526 g/mol. The molecule has 0 aliphatic rings. The van der Waals surface area contributed by atoms with E-state index in [2.05, 4.69) is 15.6 Å². The van der Waals surface area contributed by atoms with E-state index in [0.29, 0.717) is 18.9 Å². The van der Waals surface area contributed by atoms with Crippen LogP contribution in [0.5, 0.6) is 5.75 Å². The molecule has 1 aromatic rings. The predicted molar refractivity (Wildman–Crippen MR) is 123 cm³/mol. The van der Waals surface area contributed by atoms with Crippen molar-refractivity contribution in [2.24, 2.45) is 4.99 Å². The van der Waals surface area contributed by atoms with Crippen molar-refractivity contribution in [2.75, 3.05) is 39.8 Å². The summed E-state index contributed by atoms with van der Waals surface area (Å²) in [5.74, 6) is 1.23. The minimum absolute atomic E-state index is 0. The number of hydrogen-bond donors (Lipinski definition) is 2. The van der Waals surface area contributed by atoms with Gasteiger partial charge in [0.1, 0.15) is 15.6 Å². The molecule has 0 radical (unpaired) electrons. The Morgan fingerprint density at radius 3 is 2.36 bits per heavy atom. The van der Waals surface area contributed by atoms with Crippen molar-refractivity contribution in [1.29, 1.82) is 0 Å². The number of methoxy groups -OCH3 is 1. The highest BCUT2D eigenvalue weighted by Gasteiger charge is 2.11. The predicted octanol–water partition coefficient (Wildman–Crippen LogP) is 1.26. The molecule has 0 aliphatic heterocycles. The molecule has 8 nitrogen and oxygen atoms in total. The summed E-state index contributed by atoms with van der Waals surface area (Å²) < 4.78 is 27.8. The number of amides is 1. The van der Waals surface area contributed by atoms with Gasteiger partial charge in [-0.05, 0) is 31.0 Å². The van der Waals surface area contributed by atoms with E-state index in [0.717, 1.165) is 11.3 Å². The molecule has 0 heterocycles. The van der Waals surface area contributed by atoms with Gasteiger partial charge in [0.15, 0.2) is 5.96 Å². The van der Waals surface area contributed by atoms with Crippen LogP contribution in [0.25, 0.3) is 0 Å². The lowest BCUT2D eigenvalue weighted by Crippen LogP contribution is -2.46. The van der Waals surface area contributed by atoms with Gasteiger partial charge in [0, 0.05) is 26.4 Å². The Kier molecular flexibility index (Phi) is 12.1. The summed E-state index contributed by atoms with van der Waals surface area (Å²) in [6.07, 6.45) is 1.66. The zero-order chi connectivity index (χ0) is 20.4. The summed E-state index contributed by atoms with van der Waals surface area (Å²) in [4.78, 5) is 17.8. The normalized spacial score (nSPS) is 12.5. The number of likely N-dealkylation sites (N-methyl/N-ethyl adjacent to an activating group) is 1. The van der Waals surface area contributed by atoms with Crippen LogP contribution < -0.4 is 15.4 Å². The van der Waals surface area contributed by atoms with E-state index in [1.165, 1.54) is 11.2 Å². The van der Waals surface area contributed by atoms with E-state index in [1.807, 2.05) is 31.2 Å². The van der Waals surface area contributed by atoms with Crippen molar-refractivity contribution in [3.05, 3.63) is 29.8 Å². The minimum atomic E-state index is -3.03. The largest absolute Gasteiger partial charge is 0.497 e. The van der Waals surface area contributed by atoms with Crippen LogP contribution in [-0.4, -0.2) is 71.0 Å². The van der Waals surface area contributed by atoms with E-state index in [1.54, 1.807) is 21.2 Å². The van der Waals surface area contributed by atoms with E-state index in [9.17, 15) is 13.2 Å². The average Bonchev–Trinajstić information content (AvgIpc) is 2.61. The summed E-state index contributed by atoms with van der Waals surface area (Å²) in [6, 6.07) is 7.43. The maximum absolute atomic E-state index is 11.8. The van der Waals surface area contributed by atoms with Gasteiger partial charge in [0.05, 0.1) is 26.0 Å². The number of carbonyl (C=O) groups excluding carboxylic acids is 1. The fourth-order valence-electron chi connectivity index (χ4n) is 2.07. The van der Waals surface area contributed by atoms with Crippen molar-refractivity contribution < 1.29 is 17.9 Å². The van der Waals surface area contributed by atoms with Crippen LogP contribution in [-0.2, 0) is 21.2 Å². The maximum atomic E-state index is 11.8. The third-order valence-electron chi connectivity index (χ3n) is 3.79. The number of hydrogen-bond acceptors (Lipinski definition) is 5. The fraction of sp³-hybridized carbons (Fsp3) is 0.556. The molecule has 2 N–H and O–H groups in total. The number of benzene rings is 1. The summed E-state index contributed by atoms with van der Waals surface area (Å²) in [6.45, 7) is 2.39. The highest BCUT2D eigenvalue weighted by molar-refractivity contribution is 14.0. The van der Waals surface area contributed by atoms with Crippen LogP contribution in [0.4, 0.5) is 0 Å². The molecule has 0 aliphatic carbocycles. The Labute approximate surface area is 185 Å². The molecule has 28 heavy (non-hydrogen) atoms. The molecule has 1 amide bonds. The SMILES string of the molecule is COc1ccc(CN=C(NCC(=O)N(C)C)NC(C)CCS(C)(=O)=O)cc1.I. The first-order valence-electron chi connectivity index (χ1n) is 8.66. The molecule has 0 spiro atoms. The Bertz CT molecular complexity index is 736. The molecule has 1 aromatic carbocycles. The Balaban J connectivity index is 0.00000729. The fourth-order valence-corrected chi connectivity index (χ4v) is 2.85. The smallest absolute Gasteiger partial charge is 0.241 e. The number of aliphatic imine (C=N–C) groups is 1. The molecule has 0 bridgehead atoms. The van der Waals surface area contributed by atoms with E-state index in [4.69, 9.17) is 4.74 Å². The van der Waals surface area contributed by atoms with Crippen LogP contribution in [0.15, 0.2) is 29.3 Å². The highest BCUT2D eigenvalue weighted by atomic mass is 127. The second kappa shape index (κ2) is 12.8. The monoisotopic (exact) mass is 526 g/mol. The topological polar surface area (TPSA) is 100 Å². The first-order chi connectivity index (χ1) is 12.6. The first kappa shape index (κ1) is 26.4. The van der Waals surface area contributed by atoms with Gasteiger partial charge in [0.25, 0.3) is 0 Å². The number of rotatable bonds is 9. The molecular formula is C18H31IN4O4S. The van der Waals surface area contributed by atoms with Crippen molar-refractivity contribution >= 4 is 45.7 Å². The molecule has 0 saturated carbocycles. The second-order valence-electron chi connectivity index (χ2n) is 6.62. The zero-order valence-electron chi connectivity index (χ0n) is 17.1. The van der Waals surface area contributed by atoms with Crippen LogP contribution in [0.2, 0.25) is 0 Å². The second-order valence-corrected chi connectivity index (χ2v) is 8.88. The first-order valence-corrected chi connectivity index (χ1v) is 10.7. The summed E-state index contributed by atoms with van der Waals surface area (Å²) in [7, 11) is 1.94. The summed E-state index contributed by atoms with van der Waals surface area (Å²) >= 11 is 0. The Morgan fingerprint density at radius 1 is 1.25 bits per heavy atom. The lowest BCUT2D eigenvalue weighted by Gasteiger charge is -2.19. The molecule has 1 atom stereocenters. The summed E-state index contributed by atoms with van der Waals surface area (Å²) in [5.41, 5.74) is 0.986. The van der Waals surface area contributed by atoms with Crippen LogP contribution >= 0.6 is 24.0 Å². The molecule has 0 fully saturated rings. The van der Waals surface area contributed by atoms with Gasteiger partial charge >= 0.3 is 0 Å². The highest BCUT2D eigenvalue weighted by Crippen LogP contribution is 2.11. The van der Waals surface area contributed by atoms with E-state index >= 15 is 0 Å². The van der Waals surface area contributed by atoms with Crippen LogP contribution in [0, 0.1) is 0 Å². The van der Waals surface area contributed by atoms with Crippen molar-refractivity contribution in [2.45, 2.75) is 25.9 Å². The third-order valence-corrected chi connectivity index (χ3v) is 4.77. The van der Waals surface area contributed by atoms with Gasteiger partial charge < -0.3 is 20.3 Å². The van der Waals surface area contributed by atoms with E-state index < -0.39 is 9.84 Å². The minimum Gasteiger partial charge on any atom is -0.497 e. The zero-order valence-corrected chi connectivity index (χ0v) is 20.2. The lowest BCUT2D eigenvalue weighted by atomic mass is 10.2. The standard InChI is InChI=1S/C18H30N4O4S.HI/c1-14(10-11-27(5,24)25)21-18(20-13-17(23)22(2)3)19-12-15-6-8-16(26-4)9-7-15;/h6-9,14H,10-13H2,1-5H3,(H2,19,20,21);1H. The maximum Gasteiger partial charge on any atom is 0.241 e. The molecule has 160 valence electrons. The number of guanidine groups is 1. The van der Waals surface area contributed by atoms with Gasteiger partial charge in [-0.2, -0.15) is 0 Å². The number of sulfone groups is 1. The number of nitrogens with zero attached hydrogens (tertiary/aromatic N) is 2. The number of halogens is 1. The Morgan fingerprint density at radius 2 is 1.86 bits per heavy atom. The van der Waals surface area contributed by atoms with Gasteiger partial charge in [-0.15, -0.1) is 24.0 Å². The Hall–Kier alpha value is -1.56. The molecule has 0 aromatic heterocycles. The van der Waals surface area contributed by atoms with Crippen molar-refractivity contribution in [3.63, 3.8) is 0 Å². The van der Waals surface area contributed by atoms with Crippen molar-refractivity contribution in [3.8, 4) is 5.75 Å². The molecule has 10 heteroatoms. The third kappa shape index (κ3) is 11.3. The molecule has 1 rings (SSSR count).